The number of rotatable bonds is 8. The maximum Gasteiger partial charge on any atom is 0.307 e. The second-order valence-electron chi connectivity index (χ2n) is 8.88. The minimum atomic E-state index is -0.798. The molecule has 0 spiro atoms. The number of carboxylic acid groups (broad SMARTS) is 1. The summed E-state index contributed by atoms with van der Waals surface area (Å²) < 4.78 is 22.3. The third kappa shape index (κ3) is 5.05. The summed E-state index contributed by atoms with van der Waals surface area (Å²) in [6.45, 7) is 2.63. The Balaban J connectivity index is 1.43. The Hall–Kier alpha value is -3.71. The number of hydrogen-bond acceptors (Lipinski definition) is 6. The number of methoxy groups -OCH3 is 1. The second-order valence-corrected chi connectivity index (χ2v) is 8.88. The zero-order valence-corrected chi connectivity index (χ0v) is 19.6. The van der Waals surface area contributed by atoms with Crippen molar-refractivity contribution in [2.45, 2.75) is 11.8 Å². The first-order valence-corrected chi connectivity index (χ1v) is 11.8. The molecular formula is C28H29NO6. The van der Waals surface area contributed by atoms with Crippen molar-refractivity contribution in [3.05, 3.63) is 83.9 Å². The zero-order chi connectivity index (χ0) is 24.2. The van der Waals surface area contributed by atoms with E-state index in [0.717, 1.165) is 22.6 Å². The van der Waals surface area contributed by atoms with E-state index in [1.807, 2.05) is 72.8 Å². The van der Waals surface area contributed by atoms with Crippen LogP contribution >= 0.6 is 0 Å². The number of hydrogen-bond donors (Lipinski definition) is 1. The van der Waals surface area contributed by atoms with Crippen LogP contribution in [0.2, 0.25) is 0 Å². The molecule has 3 unspecified atom stereocenters. The van der Waals surface area contributed by atoms with Crippen molar-refractivity contribution in [1.29, 1.82) is 0 Å². The van der Waals surface area contributed by atoms with E-state index in [2.05, 4.69) is 4.90 Å². The molecular weight excluding hydrogens is 446 g/mol. The molecule has 0 saturated carbocycles. The summed E-state index contributed by atoms with van der Waals surface area (Å²) in [6, 6.07) is 23.2. The van der Waals surface area contributed by atoms with Gasteiger partial charge in [0.25, 0.3) is 0 Å². The summed E-state index contributed by atoms with van der Waals surface area (Å²) in [5.74, 6) is 1.12. The average Bonchev–Trinajstić information content (AvgIpc) is 3.37. The van der Waals surface area contributed by atoms with Crippen LogP contribution in [0.5, 0.6) is 23.0 Å². The summed E-state index contributed by atoms with van der Waals surface area (Å²) >= 11 is 0. The number of benzene rings is 3. The Morgan fingerprint density at radius 1 is 0.914 bits per heavy atom. The van der Waals surface area contributed by atoms with Gasteiger partial charge in [-0.25, -0.2) is 0 Å². The van der Waals surface area contributed by atoms with Crippen molar-refractivity contribution in [1.82, 2.24) is 4.90 Å². The van der Waals surface area contributed by atoms with Gasteiger partial charge in [0.2, 0.25) is 6.79 Å². The van der Waals surface area contributed by atoms with Crippen molar-refractivity contribution in [2.75, 3.05) is 40.1 Å². The quantitative estimate of drug-likeness (QED) is 0.518. The molecule has 182 valence electrons. The number of aliphatic carboxylic acids is 1. The van der Waals surface area contributed by atoms with Gasteiger partial charge in [-0.05, 0) is 47.5 Å². The van der Waals surface area contributed by atoms with Crippen LogP contribution in [0, 0.1) is 5.92 Å². The number of fused-ring (bicyclic) bond motifs is 1. The minimum Gasteiger partial charge on any atom is -0.497 e. The first-order valence-electron chi connectivity index (χ1n) is 11.8. The number of carbonyl (C=O) groups is 1. The first kappa shape index (κ1) is 23.1. The number of nitrogens with zero attached hydrogens (tertiary/aromatic N) is 1. The summed E-state index contributed by atoms with van der Waals surface area (Å²) in [5, 5.41) is 10.4. The van der Waals surface area contributed by atoms with Crippen molar-refractivity contribution in [3.8, 4) is 23.0 Å². The third-order valence-electron chi connectivity index (χ3n) is 6.85. The van der Waals surface area contributed by atoms with Crippen LogP contribution in [0.1, 0.15) is 23.0 Å². The number of para-hydroxylation sites is 1. The Bertz CT molecular complexity index is 1150. The molecule has 0 aromatic heterocycles. The minimum absolute atomic E-state index is 0.184. The van der Waals surface area contributed by atoms with Gasteiger partial charge in [0.1, 0.15) is 18.1 Å². The fourth-order valence-electron chi connectivity index (χ4n) is 5.09. The van der Waals surface area contributed by atoms with Gasteiger partial charge in [0, 0.05) is 31.5 Å². The molecule has 0 aliphatic carbocycles. The lowest BCUT2D eigenvalue weighted by atomic mass is 9.71. The largest absolute Gasteiger partial charge is 0.497 e. The van der Waals surface area contributed by atoms with E-state index in [0.29, 0.717) is 37.7 Å². The predicted molar refractivity (Wildman–Crippen MR) is 131 cm³/mol. The maximum atomic E-state index is 12.7. The van der Waals surface area contributed by atoms with E-state index in [-0.39, 0.29) is 18.6 Å². The highest BCUT2D eigenvalue weighted by Crippen LogP contribution is 2.44. The highest BCUT2D eigenvalue weighted by atomic mass is 16.7. The topological polar surface area (TPSA) is 77.5 Å². The van der Waals surface area contributed by atoms with Gasteiger partial charge in [-0.15, -0.1) is 0 Å². The third-order valence-corrected chi connectivity index (χ3v) is 6.85. The van der Waals surface area contributed by atoms with Crippen LogP contribution < -0.4 is 18.9 Å². The molecule has 3 aromatic rings. The van der Waals surface area contributed by atoms with Crippen LogP contribution in [-0.2, 0) is 4.79 Å². The lowest BCUT2D eigenvalue weighted by molar-refractivity contribution is -0.145. The fraction of sp³-hybridized carbons (Fsp3) is 0.321. The highest BCUT2D eigenvalue weighted by Gasteiger charge is 2.43. The molecule has 1 N–H and O–H groups in total. The summed E-state index contributed by atoms with van der Waals surface area (Å²) in [6.07, 6.45) is 0. The molecule has 3 atom stereocenters. The SMILES string of the molecule is COc1ccc(C2CN(CCOc3ccccc3)CC(c3ccc4c(c3)OCO4)C2C(=O)O)cc1. The Morgan fingerprint density at radius 2 is 1.60 bits per heavy atom. The van der Waals surface area contributed by atoms with E-state index in [1.165, 1.54) is 0 Å². The van der Waals surface area contributed by atoms with Crippen LogP contribution in [0.25, 0.3) is 0 Å². The van der Waals surface area contributed by atoms with Gasteiger partial charge in [-0.3, -0.25) is 9.69 Å². The standard InChI is InChI=1S/C28H29NO6/c1-32-21-10-7-19(8-11-21)23-16-29(13-14-33-22-5-3-2-4-6-22)17-24(27(23)28(30)31)20-9-12-25-26(15-20)35-18-34-25/h2-12,15,23-24,27H,13-14,16-18H2,1H3,(H,30,31). The van der Waals surface area contributed by atoms with Gasteiger partial charge in [-0.1, -0.05) is 36.4 Å². The molecule has 3 aromatic carbocycles. The molecule has 0 amide bonds. The van der Waals surface area contributed by atoms with Gasteiger partial charge < -0.3 is 24.1 Å². The Morgan fingerprint density at radius 3 is 2.31 bits per heavy atom. The maximum absolute atomic E-state index is 12.7. The smallest absolute Gasteiger partial charge is 0.307 e. The summed E-state index contributed by atoms with van der Waals surface area (Å²) in [5.41, 5.74) is 1.92. The van der Waals surface area contributed by atoms with Crippen molar-refractivity contribution in [3.63, 3.8) is 0 Å². The monoisotopic (exact) mass is 475 g/mol. The van der Waals surface area contributed by atoms with Gasteiger partial charge in [0.05, 0.1) is 13.0 Å². The average molecular weight is 476 g/mol. The van der Waals surface area contributed by atoms with Gasteiger partial charge in [-0.2, -0.15) is 0 Å². The van der Waals surface area contributed by atoms with E-state index >= 15 is 0 Å². The number of likely N-dealkylation sites (tertiary alicyclic amines) is 1. The summed E-state index contributed by atoms with van der Waals surface area (Å²) in [4.78, 5) is 15.0. The lowest BCUT2D eigenvalue weighted by Gasteiger charge is -2.42. The molecule has 5 rings (SSSR count). The summed E-state index contributed by atoms with van der Waals surface area (Å²) in [7, 11) is 1.62. The van der Waals surface area contributed by atoms with E-state index in [9.17, 15) is 9.90 Å². The van der Waals surface area contributed by atoms with Gasteiger partial charge in [0.15, 0.2) is 11.5 Å². The molecule has 2 heterocycles. The van der Waals surface area contributed by atoms with E-state index in [1.54, 1.807) is 7.11 Å². The first-order chi connectivity index (χ1) is 17.1. The van der Waals surface area contributed by atoms with E-state index < -0.39 is 11.9 Å². The van der Waals surface area contributed by atoms with Crippen LogP contribution in [-0.4, -0.2) is 56.1 Å². The fourth-order valence-corrected chi connectivity index (χ4v) is 5.09. The van der Waals surface area contributed by atoms with Gasteiger partial charge >= 0.3 is 5.97 Å². The van der Waals surface area contributed by atoms with Crippen molar-refractivity contribution in [2.24, 2.45) is 5.92 Å². The Labute approximate surface area is 204 Å². The number of ether oxygens (including phenoxy) is 4. The number of carboxylic acids is 1. The predicted octanol–water partition coefficient (Wildman–Crippen LogP) is 4.39. The normalized spacial score (nSPS) is 21.5. The molecule has 1 fully saturated rings. The zero-order valence-electron chi connectivity index (χ0n) is 19.6. The second kappa shape index (κ2) is 10.3. The molecule has 0 bridgehead atoms. The van der Waals surface area contributed by atoms with Crippen LogP contribution in [0.4, 0.5) is 0 Å². The van der Waals surface area contributed by atoms with Crippen molar-refractivity contribution >= 4 is 5.97 Å². The molecule has 35 heavy (non-hydrogen) atoms. The van der Waals surface area contributed by atoms with E-state index in [4.69, 9.17) is 18.9 Å². The Kier molecular flexibility index (Phi) is 6.77. The number of piperidine rings is 1. The molecule has 0 radical (unpaired) electrons. The molecule has 2 aliphatic heterocycles. The van der Waals surface area contributed by atoms with Crippen LogP contribution in [0.15, 0.2) is 72.8 Å². The molecule has 1 saturated heterocycles. The lowest BCUT2D eigenvalue weighted by Crippen LogP contribution is -2.48. The highest BCUT2D eigenvalue weighted by molar-refractivity contribution is 5.73. The molecule has 2 aliphatic rings. The molecule has 7 nitrogen and oxygen atoms in total. The molecule has 7 heteroatoms. The van der Waals surface area contributed by atoms with Crippen molar-refractivity contribution < 1.29 is 28.8 Å². The van der Waals surface area contributed by atoms with Crippen LogP contribution in [0.3, 0.4) is 0 Å².